The molecule has 0 spiro atoms. The van der Waals surface area contributed by atoms with Crippen molar-refractivity contribution in [1.82, 2.24) is 14.8 Å². The van der Waals surface area contributed by atoms with Gasteiger partial charge in [-0.2, -0.15) is 0 Å². The summed E-state index contributed by atoms with van der Waals surface area (Å²) in [6, 6.07) is 2.90. The van der Waals surface area contributed by atoms with Crippen molar-refractivity contribution in [3.05, 3.63) is 63.1 Å². The van der Waals surface area contributed by atoms with E-state index in [-0.39, 0.29) is 30.5 Å². The van der Waals surface area contributed by atoms with Crippen LogP contribution in [0.4, 0.5) is 8.78 Å². The number of carbonyl (C=O) groups is 2. The van der Waals surface area contributed by atoms with Gasteiger partial charge in [0, 0.05) is 38.0 Å². The summed E-state index contributed by atoms with van der Waals surface area (Å²) in [5.74, 6) is -3.89. The Labute approximate surface area is 181 Å². The first-order chi connectivity index (χ1) is 15.3. The Morgan fingerprint density at radius 1 is 1.34 bits per heavy atom. The Balaban J connectivity index is 1.59. The molecule has 0 radical (unpaired) electrons. The van der Waals surface area contributed by atoms with Gasteiger partial charge in [-0.05, 0) is 12.5 Å². The first-order valence-corrected chi connectivity index (χ1v) is 9.94. The van der Waals surface area contributed by atoms with Crippen LogP contribution in [0.5, 0.6) is 5.75 Å². The molecule has 0 bridgehead atoms. The molecule has 11 heteroatoms. The van der Waals surface area contributed by atoms with Crippen molar-refractivity contribution < 1.29 is 33.0 Å². The van der Waals surface area contributed by atoms with Gasteiger partial charge in [0.2, 0.25) is 5.43 Å². The van der Waals surface area contributed by atoms with E-state index in [2.05, 4.69) is 5.32 Å². The maximum Gasteiger partial charge on any atom is 0.276 e. The van der Waals surface area contributed by atoms with Crippen molar-refractivity contribution in [1.29, 1.82) is 0 Å². The molecular weight excluding hydrogens is 428 g/mol. The van der Waals surface area contributed by atoms with Crippen LogP contribution < -0.4 is 10.7 Å². The summed E-state index contributed by atoms with van der Waals surface area (Å²) in [5, 5.41) is 12.8. The number of pyridine rings is 1. The van der Waals surface area contributed by atoms with E-state index in [4.69, 9.17) is 9.47 Å². The Kier molecular flexibility index (Phi) is 5.94. The molecule has 0 saturated carbocycles. The third-order valence-electron chi connectivity index (χ3n) is 5.51. The molecule has 1 saturated heterocycles. The van der Waals surface area contributed by atoms with Crippen molar-refractivity contribution in [3.8, 4) is 5.75 Å². The fraction of sp³-hybridized carbons (Fsp3) is 0.381. The molecule has 0 aliphatic carbocycles. The zero-order valence-corrected chi connectivity index (χ0v) is 17.1. The van der Waals surface area contributed by atoms with E-state index < -0.39 is 46.4 Å². The van der Waals surface area contributed by atoms with Crippen LogP contribution in [-0.2, 0) is 22.6 Å². The highest BCUT2D eigenvalue weighted by Crippen LogP contribution is 2.28. The van der Waals surface area contributed by atoms with Crippen molar-refractivity contribution in [2.24, 2.45) is 0 Å². The summed E-state index contributed by atoms with van der Waals surface area (Å²) in [5.41, 5.74) is -1.64. The van der Waals surface area contributed by atoms with E-state index in [1.165, 1.54) is 21.7 Å². The maximum absolute atomic E-state index is 13.8. The van der Waals surface area contributed by atoms with Crippen LogP contribution in [0.15, 0.2) is 29.2 Å². The molecule has 9 nitrogen and oxygen atoms in total. The van der Waals surface area contributed by atoms with Crippen molar-refractivity contribution in [2.45, 2.75) is 31.8 Å². The molecular formula is C21H21F2N3O6. The predicted octanol–water partition coefficient (Wildman–Crippen LogP) is 0.979. The Bertz CT molecular complexity index is 1140. The third-order valence-corrected chi connectivity index (χ3v) is 5.51. The number of halogens is 2. The summed E-state index contributed by atoms with van der Waals surface area (Å²) in [6.45, 7) is 0.525. The van der Waals surface area contributed by atoms with Gasteiger partial charge in [0.1, 0.15) is 17.2 Å². The summed E-state index contributed by atoms with van der Waals surface area (Å²) >= 11 is 0. The molecule has 3 heterocycles. The average Bonchev–Trinajstić information content (AvgIpc) is 2.75. The summed E-state index contributed by atoms with van der Waals surface area (Å²) in [4.78, 5) is 39.5. The van der Waals surface area contributed by atoms with Gasteiger partial charge >= 0.3 is 0 Å². The second-order valence-electron chi connectivity index (χ2n) is 7.60. The Morgan fingerprint density at radius 2 is 2.12 bits per heavy atom. The molecule has 4 rings (SSSR count). The number of nitrogens with one attached hydrogen (secondary N) is 1. The molecule has 32 heavy (non-hydrogen) atoms. The lowest BCUT2D eigenvalue weighted by Gasteiger charge is -2.43. The minimum Gasteiger partial charge on any atom is -0.503 e. The zero-order chi connectivity index (χ0) is 23.0. The molecule has 1 aromatic carbocycles. The number of amides is 2. The topological polar surface area (TPSA) is 110 Å². The molecule has 2 aromatic rings. The fourth-order valence-corrected chi connectivity index (χ4v) is 3.89. The predicted molar refractivity (Wildman–Crippen MR) is 106 cm³/mol. The van der Waals surface area contributed by atoms with Crippen molar-refractivity contribution >= 4 is 11.8 Å². The quantitative estimate of drug-likeness (QED) is 0.704. The number of hydrogen-bond donors (Lipinski definition) is 2. The summed E-state index contributed by atoms with van der Waals surface area (Å²) < 4.78 is 39.1. The smallest absolute Gasteiger partial charge is 0.276 e. The van der Waals surface area contributed by atoms with Gasteiger partial charge < -0.3 is 29.4 Å². The Hall–Kier alpha value is -3.31. The number of benzene rings is 1. The third kappa shape index (κ3) is 3.96. The average molecular weight is 449 g/mol. The molecule has 1 fully saturated rings. The molecule has 2 aliphatic rings. The lowest BCUT2D eigenvalue weighted by Crippen LogP contribution is -2.56. The number of rotatable bonds is 5. The number of ether oxygens (including phenoxy) is 2. The minimum atomic E-state index is -1.02. The zero-order valence-electron chi connectivity index (χ0n) is 17.1. The van der Waals surface area contributed by atoms with Crippen molar-refractivity contribution in [3.63, 3.8) is 0 Å². The van der Waals surface area contributed by atoms with E-state index in [1.807, 2.05) is 0 Å². The van der Waals surface area contributed by atoms with E-state index >= 15 is 0 Å². The molecule has 2 aliphatic heterocycles. The van der Waals surface area contributed by atoms with Gasteiger partial charge in [-0.1, -0.05) is 6.07 Å². The monoisotopic (exact) mass is 449 g/mol. The molecule has 2 amide bonds. The number of hydrogen-bond acceptors (Lipinski definition) is 6. The molecule has 170 valence electrons. The lowest BCUT2D eigenvalue weighted by molar-refractivity contribution is -0.149. The number of carbonyl (C=O) groups excluding carboxylic acids is 2. The second kappa shape index (κ2) is 8.67. The molecule has 2 N–H and O–H groups in total. The maximum atomic E-state index is 13.8. The van der Waals surface area contributed by atoms with Gasteiger partial charge in [-0.3, -0.25) is 14.4 Å². The van der Waals surface area contributed by atoms with Gasteiger partial charge in [-0.15, -0.1) is 0 Å². The largest absolute Gasteiger partial charge is 0.503 e. The van der Waals surface area contributed by atoms with Crippen LogP contribution in [0.2, 0.25) is 0 Å². The number of aromatic hydroxyl groups is 1. The molecule has 0 unspecified atom stereocenters. The normalized spacial score (nSPS) is 20.0. The molecule has 2 atom stereocenters. The van der Waals surface area contributed by atoms with Crippen LogP contribution in [-0.4, -0.2) is 59.0 Å². The lowest BCUT2D eigenvalue weighted by atomic mass is 10.1. The summed E-state index contributed by atoms with van der Waals surface area (Å²) in [7, 11) is 1.54. The SMILES string of the molecule is COC[C@H]1CCN2C(=O)c3c(O)c(=O)c(C(=O)NCc4ccc(F)cc4F)cn3C[C@H]2O1. The van der Waals surface area contributed by atoms with Crippen LogP contribution in [0.25, 0.3) is 0 Å². The van der Waals surface area contributed by atoms with Gasteiger partial charge in [0.05, 0.1) is 19.3 Å². The number of nitrogens with zero attached hydrogens (tertiary/aromatic N) is 2. The highest BCUT2D eigenvalue weighted by atomic mass is 19.1. The van der Waals surface area contributed by atoms with Gasteiger partial charge in [-0.25, -0.2) is 8.78 Å². The van der Waals surface area contributed by atoms with Gasteiger partial charge in [0.15, 0.2) is 17.7 Å². The highest BCUT2D eigenvalue weighted by molar-refractivity contribution is 5.99. The van der Waals surface area contributed by atoms with E-state index in [0.717, 1.165) is 6.07 Å². The van der Waals surface area contributed by atoms with E-state index in [0.29, 0.717) is 25.6 Å². The number of aromatic nitrogens is 1. The van der Waals surface area contributed by atoms with E-state index in [1.54, 1.807) is 7.11 Å². The standard InChI is InChI=1S/C21H21F2N3O6/c1-31-10-13-4-5-26-16(32-13)9-25-8-14(18(27)19(28)17(25)21(26)30)20(29)24-7-11-2-3-12(22)6-15(11)23/h2-3,6,8,13,16,28H,4-5,7,9-10H2,1H3,(H,24,29)/t13-,16-/m1/s1. The van der Waals surface area contributed by atoms with Crippen LogP contribution >= 0.6 is 0 Å². The second-order valence-corrected chi connectivity index (χ2v) is 7.60. The Morgan fingerprint density at radius 3 is 2.84 bits per heavy atom. The van der Waals surface area contributed by atoms with Gasteiger partial charge in [0.25, 0.3) is 11.8 Å². The number of methoxy groups -OCH3 is 1. The summed E-state index contributed by atoms with van der Waals surface area (Å²) in [6.07, 6.45) is 0.861. The highest BCUT2D eigenvalue weighted by Gasteiger charge is 2.40. The fourth-order valence-electron chi connectivity index (χ4n) is 3.89. The van der Waals surface area contributed by atoms with Crippen molar-refractivity contribution in [2.75, 3.05) is 20.3 Å². The van der Waals surface area contributed by atoms with E-state index in [9.17, 15) is 28.3 Å². The first kappa shape index (κ1) is 21.9. The minimum absolute atomic E-state index is 0.0210. The van der Waals surface area contributed by atoms with Crippen LogP contribution in [0.3, 0.4) is 0 Å². The number of fused-ring (bicyclic) bond motifs is 2. The van der Waals surface area contributed by atoms with Crippen LogP contribution in [0, 0.1) is 11.6 Å². The van der Waals surface area contributed by atoms with Crippen LogP contribution in [0.1, 0.15) is 32.8 Å². The molecule has 1 aromatic heterocycles. The first-order valence-electron chi connectivity index (χ1n) is 9.94.